The van der Waals surface area contributed by atoms with E-state index in [-0.39, 0.29) is 5.91 Å². The molecule has 22 heavy (non-hydrogen) atoms. The van der Waals surface area contributed by atoms with E-state index in [4.69, 9.17) is 4.74 Å². The number of carbonyl (C=O) groups excluding carboxylic acids is 1. The minimum Gasteiger partial charge on any atom is -0.365 e. The van der Waals surface area contributed by atoms with Crippen LogP contribution in [0, 0.1) is 0 Å². The van der Waals surface area contributed by atoms with Crippen molar-refractivity contribution in [3.63, 3.8) is 0 Å². The number of carbonyl (C=O) groups is 1. The Kier molecular flexibility index (Phi) is 3.22. The lowest BCUT2D eigenvalue weighted by molar-refractivity contribution is -0.152. The Morgan fingerprint density at radius 3 is 3.00 bits per heavy atom. The number of hydrogen-bond acceptors (Lipinski definition) is 2. The first-order chi connectivity index (χ1) is 10.7. The molecule has 1 aromatic heterocycles. The van der Waals surface area contributed by atoms with E-state index in [0.29, 0.717) is 19.2 Å². The summed E-state index contributed by atoms with van der Waals surface area (Å²) in [5.74, 6) is 0.168. The molecule has 116 valence electrons. The number of benzene rings is 1. The van der Waals surface area contributed by atoms with Gasteiger partial charge in [0.05, 0.1) is 0 Å². The minimum atomic E-state index is -0.610. The lowest BCUT2D eigenvalue weighted by Gasteiger charge is -2.31. The standard InChI is InChI=1S/C18H22N2O2/c1-18(8-2-10-22-18)17(21)20(15-4-5-15)12-13-3-6-16-14(11-13)7-9-19-16/h3,6-7,9,11,15,19H,2,4-5,8,10,12H2,1H3. The third-order valence-corrected chi connectivity index (χ3v) is 4.89. The maximum Gasteiger partial charge on any atom is 0.255 e. The summed E-state index contributed by atoms with van der Waals surface area (Å²) >= 11 is 0. The summed E-state index contributed by atoms with van der Waals surface area (Å²) in [6, 6.07) is 8.85. The summed E-state index contributed by atoms with van der Waals surface area (Å²) in [5.41, 5.74) is 1.72. The van der Waals surface area contributed by atoms with Gasteiger partial charge in [0.25, 0.3) is 5.91 Å². The fraction of sp³-hybridized carbons (Fsp3) is 0.500. The molecule has 2 aliphatic rings. The van der Waals surface area contributed by atoms with Gasteiger partial charge in [-0.3, -0.25) is 4.79 Å². The lowest BCUT2D eigenvalue weighted by atomic mass is 10.0. The molecule has 2 heterocycles. The highest BCUT2D eigenvalue weighted by Gasteiger charge is 2.44. The number of hydrogen-bond donors (Lipinski definition) is 1. The Labute approximate surface area is 130 Å². The van der Waals surface area contributed by atoms with Crippen LogP contribution in [0.25, 0.3) is 10.9 Å². The lowest BCUT2D eigenvalue weighted by Crippen LogP contribution is -2.47. The van der Waals surface area contributed by atoms with Gasteiger partial charge in [0, 0.05) is 30.9 Å². The van der Waals surface area contributed by atoms with E-state index in [0.717, 1.165) is 31.2 Å². The third-order valence-electron chi connectivity index (χ3n) is 4.89. The predicted molar refractivity (Wildman–Crippen MR) is 85.5 cm³/mol. The van der Waals surface area contributed by atoms with Crippen molar-refractivity contribution in [2.45, 2.75) is 50.8 Å². The highest BCUT2D eigenvalue weighted by molar-refractivity contribution is 5.86. The maximum atomic E-state index is 13.0. The molecule has 4 rings (SSSR count). The van der Waals surface area contributed by atoms with Crippen LogP contribution in [0.2, 0.25) is 0 Å². The van der Waals surface area contributed by atoms with Gasteiger partial charge in [0.2, 0.25) is 0 Å². The molecule has 4 heteroatoms. The summed E-state index contributed by atoms with van der Waals surface area (Å²) in [4.78, 5) is 18.2. The molecule has 1 amide bonds. The molecule has 4 nitrogen and oxygen atoms in total. The molecular weight excluding hydrogens is 276 g/mol. The smallest absolute Gasteiger partial charge is 0.255 e. The van der Waals surface area contributed by atoms with Crippen LogP contribution >= 0.6 is 0 Å². The SMILES string of the molecule is CC1(C(=O)N(Cc2ccc3[nH]ccc3c2)C2CC2)CCCO1. The Hall–Kier alpha value is -1.81. The molecule has 1 atom stereocenters. The van der Waals surface area contributed by atoms with Crippen molar-refractivity contribution in [1.82, 2.24) is 9.88 Å². The van der Waals surface area contributed by atoms with Crippen molar-refractivity contribution in [3.05, 3.63) is 36.0 Å². The first kappa shape index (κ1) is 13.8. The molecule has 1 aromatic carbocycles. The van der Waals surface area contributed by atoms with Crippen LogP contribution in [0.5, 0.6) is 0 Å². The fourth-order valence-corrected chi connectivity index (χ4v) is 3.40. The summed E-state index contributed by atoms with van der Waals surface area (Å²) < 4.78 is 5.76. The zero-order chi connectivity index (χ0) is 15.2. The molecule has 1 saturated carbocycles. The van der Waals surface area contributed by atoms with E-state index in [9.17, 15) is 4.79 Å². The van der Waals surface area contributed by atoms with Crippen LogP contribution in [-0.4, -0.2) is 34.0 Å². The van der Waals surface area contributed by atoms with Crippen LogP contribution in [-0.2, 0) is 16.1 Å². The number of ether oxygens (including phenoxy) is 1. The fourth-order valence-electron chi connectivity index (χ4n) is 3.40. The van der Waals surface area contributed by atoms with Crippen LogP contribution in [0.15, 0.2) is 30.5 Å². The molecule has 1 aliphatic heterocycles. The van der Waals surface area contributed by atoms with Gasteiger partial charge >= 0.3 is 0 Å². The van der Waals surface area contributed by atoms with Gasteiger partial charge in [0.15, 0.2) is 0 Å². The number of amides is 1. The summed E-state index contributed by atoms with van der Waals surface area (Å²) in [6.45, 7) is 3.34. The molecule has 2 aromatic rings. The van der Waals surface area contributed by atoms with E-state index in [1.54, 1.807) is 0 Å². The number of H-pyrrole nitrogens is 1. The number of aromatic nitrogens is 1. The van der Waals surface area contributed by atoms with Crippen LogP contribution in [0.3, 0.4) is 0 Å². The number of rotatable bonds is 4. The Bertz CT molecular complexity index is 696. The van der Waals surface area contributed by atoms with Crippen molar-refractivity contribution in [2.24, 2.45) is 0 Å². The van der Waals surface area contributed by atoms with Crippen molar-refractivity contribution in [2.75, 3.05) is 6.61 Å². The van der Waals surface area contributed by atoms with Gasteiger partial charge in [-0.25, -0.2) is 0 Å². The first-order valence-electron chi connectivity index (χ1n) is 8.17. The maximum absolute atomic E-state index is 13.0. The molecule has 1 unspecified atom stereocenters. The highest BCUT2D eigenvalue weighted by Crippen LogP contribution is 2.35. The number of nitrogens with one attached hydrogen (secondary N) is 1. The van der Waals surface area contributed by atoms with Crippen molar-refractivity contribution in [3.8, 4) is 0 Å². The summed E-state index contributed by atoms with van der Waals surface area (Å²) in [6.07, 6.45) is 6.01. The molecular formula is C18H22N2O2. The van der Waals surface area contributed by atoms with E-state index in [1.165, 1.54) is 10.9 Å². The van der Waals surface area contributed by atoms with Crippen molar-refractivity contribution >= 4 is 16.8 Å². The largest absolute Gasteiger partial charge is 0.365 e. The topological polar surface area (TPSA) is 45.3 Å². The van der Waals surface area contributed by atoms with E-state index in [2.05, 4.69) is 29.2 Å². The van der Waals surface area contributed by atoms with Crippen LogP contribution in [0.1, 0.15) is 38.2 Å². The average Bonchev–Trinajstić information content (AvgIpc) is 3.08. The second-order valence-electron chi connectivity index (χ2n) is 6.75. The molecule has 1 saturated heterocycles. The van der Waals surface area contributed by atoms with E-state index >= 15 is 0 Å². The molecule has 2 fully saturated rings. The number of fused-ring (bicyclic) bond motifs is 1. The molecule has 0 spiro atoms. The Balaban J connectivity index is 1.58. The predicted octanol–water partition coefficient (Wildman–Crippen LogP) is 3.23. The van der Waals surface area contributed by atoms with Crippen LogP contribution < -0.4 is 0 Å². The summed E-state index contributed by atoms with van der Waals surface area (Å²) in [5, 5.41) is 1.20. The van der Waals surface area contributed by atoms with Gasteiger partial charge in [0.1, 0.15) is 5.60 Å². The average molecular weight is 298 g/mol. The number of nitrogens with zero attached hydrogens (tertiary/aromatic N) is 1. The Morgan fingerprint density at radius 2 is 2.27 bits per heavy atom. The zero-order valence-corrected chi connectivity index (χ0v) is 13.0. The quantitative estimate of drug-likeness (QED) is 0.942. The zero-order valence-electron chi connectivity index (χ0n) is 13.0. The van der Waals surface area contributed by atoms with Crippen molar-refractivity contribution in [1.29, 1.82) is 0 Å². The van der Waals surface area contributed by atoms with Gasteiger partial charge < -0.3 is 14.6 Å². The number of aromatic amines is 1. The first-order valence-corrected chi connectivity index (χ1v) is 8.17. The second kappa shape index (κ2) is 5.13. The monoisotopic (exact) mass is 298 g/mol. The third kappa shape index (κ3) is 2.41. The minimum absolute atomic E-state index is 0.168. The van der Waals surface area contributed by atoms with Gasteiger partial charge in [-0.2, -0.15) is 0 Å². The second-order valence-corrected chi connectivity index (χ2v) is 6.75. The van der Waals surface area contributed by atoms with Gasteiger partial charge in [-0.05, 0) is 61.8 Å². The molecule has 1 aliphatic carbocycles. The normalized spacial score (nSPS) is 24.8. The summed E-state index contributed by atoms with van der Waals surface area (Å²) in [7, 11) is 0. The molecule has 0 bridgehead atoms. The van der Waals surface area contributed by atoms with E-state index < -0.39 is 5.60 Å². The molecule has 1 N–H and O–H groups in total. The molecule has 0 radical (unpaired) electrons. The van der Waals surface area contributed by atoms with E-state index in [1.807, 2.05) is 18.0 Å². The van der Waals surface area contributed by atoms with Crippen molar-refractivity contribution < 1.29 is 9.53 Å². The highest BCUT2D eigenvalue weighted by atomic mass is 16.5. The van der Waals surface area contributed by atoms with Crippen LogP contribution in [0.4, 0.5) is 0 Å². The van der Waals surface area contributed by atoms with Gasteiger partial charge in [-0.15, -0.1) is 0 Å². The Morgan fingerprint density at radius 1 is 1.41 bits per heavy atom. The van der Waals surface area contributed by atoms with Gasteiger partial charge in [-0.1, -0.05) is 6.07 Å².